The van der Waals surface area contributed by atoms with Crippen LogP contribution in [0.4, 0.5) is 0 Å². The van der Waals surface area contributed by atoms with Crippen molar-refractivity contribution in [2.75, 3.05) is 7.05 Å². The molecule has 128 valence electrons. The van der Waals surface area contributed by atoms with E-state index in [0.717, 1.165) is 37.1 Å². The highest BCUT2D eigenvalue weighted by atomic mass is 16.1. The van der Waals surface area contributed by atoms with Gasteiger partial charge >= 0.3 is 0 Å². The molecule has 2 heterocycles. The molecule has 0 aliphatic heterocycles. The molecule has 0 radical (unpaired) electrons. The van der Waals surface area contributed by atoms with Crippen molar-refractivity contribution >= 4 is 0 Å². The summed E-state index contributed by atoms with van der Waals surface area (Å²) in [6.07, 6.45) is 4.71. The molecule has 4 rings (SSSR count). The molecule has 1 aliphatic carbocycles. The first-order chi connectivity index (χ1) is 12.2. The van der Waals surface area contributed by atoms with Gasteiger partial charge in [0.05, 0.1) is 5.56 Å². The zero-order valence-corrected chi connectivity index (χ0v) is 14.4. The predicted molar refractivity (Wildman–Crippen MR) is 97.8 cm³/mol. The normalized spacial score (nSPS) is 16.8. The molecule has 0 saturated heterocycles. The average molecular weight is 334 g/mol. The molecule has 0 amide bonds. The van der Waals surface area contributed by atoms with Crippen molar-refractivity contribution in [3.8, 4) is 5.82 Å². The van der Waals surface area contributed by atoms with Gasteiger partial charge < -0.3 is 0 Å². The van der Waals surface area contributed by atoms with Crippen LogP contribution in [0.25, 0.3) is 5.82 Å². The van der Waals surface area contributed by atoms with Crippen LogP contribution in [-0.2, 0) is 13.0 Å². The van der Waals surface area contributed by atoms with Crippen LogP contribution in [0.3, 0.4) is 0 Å². The standard InChI is InChI=1S/C20H22N4O/c1-23(14-15-8-3-2-4-9-15)17-11-7-10-16-19(17)20(25)24(22-16)18-12-5-6-13-21-18/h2-6,8-9,12-13,17,22H,7,10-11,14H2,1H3. The Bertz CT molecular complexity index is 898. The van der Waals surface area contributed by atoms with Gasteiger partial charge in [0, 0.05) is 24.5 Å². The summed E-state index contributed by atoms with van der Waals surface area (Å²) < 4.78 is 1.58. The zero-order chi connectivity index (χ0) is 17.2. The Labute approximate surface area is 146 Å². The molecule has 5 nitrogen and oxygen atoms in total. The molecule has 1 unspecified atom stereocenters. The highest BCUT2D eigenvalue weighted by molar-refractivity contribution is 5.30. The van der Waals surface area contributed by atoms with Gasteiger partial charge in [-0.05, 0) is 44.0 Å². The first kappa shape index (κ1) is 15.8. The first-order valence-corrected chi connectivity index (χ1v) is 8.73. The lowest BCUT2D eigenvalue weighted by Gasteiger charge is -2.30. The fraction of sp³-hybridized carbons (Fsp3) is 0.300. The summed E-state index contributed by atoms with van der Waals surface area (Å²) in [7, 11) is 2.10. The summed E-state index contributed by atoms with van der Waals surface area (Å²) in [5.74, 6) is 0.645. The van der Waals surface area contributed by atoms with Crippen LogP contribution in [0.15, 0.2) is 59.5 Å². The predicted octanol–water partition coefficient (Wildman–Crippen LogP) is 3.07. The van der Waals surface area contributed by atoms with Gasteiger partial charge in [0.15, 0.2) is 5.82 Å². The second-order valence-electron chi connectivity index (χ2n) is 6.64. The van der Waals surface area contributed by atoms with Crippen molar-refractivity contribution in [2.45, 2.75) is 31.8 Å². The number of aromatic nitrogens is 3. The molecule has 0 spiro atoms. The number of H-pyrrole nitrogens is 1. The number of benzene rings is 1. The van der Waals surface area contributed by atoms with Gasteiger partial charge in [-0.15, -0.1) is 0 Å². The minimum Gasteiger partial charge on any atom is -0.295 e. The molecule has 1 aromatic carbocycles. The minimum atomic E-state index is 0.0262. The summed E-state index contributed by atoms with van der Waals surface area (Å²) >= 11 is 0. The maximum absolute atomic E-state index is 13.0. The average Bonchev–Trinajstić information content (AvgIpc) is 3.00. The topological polar surface area (TPSA) is 53.9 Å². The Hall–Kier alpha value is -2.66. The number of hydrogen-bond donors (Lipinski definition) is 1. The smallest absolute Gasteiger partial charge is 0.277 e. The van der Waals surface area contributed by atoms with E-state index in [1.54, 1.807) is 10.9 Å². The van der Waals surface area contributed by atoms with Crippen molar-refractivity contribution < 1.29 is 0 Å². The molecule has 0 saturated carbocycles. The lowest BCUT2D eigenvalue weighted by Crippen LogP contribution is -2.31. The molecule has 5 heteroatoms. The third-order valence-electron chi connectivity index (χ3n) is 4.93. The number of nitrogens with one attached hydrogen (secondary N) is 1. The number of pyridine rings is 1. The number of rotatable bonds is 4. The molecular formula is C20H22N4O. The van der Waals surface area contributed by atoms with Crippen molar-refractivity contribution in [1.29, 1.82) is 0 Å². The Morgan fingerprint density at radius 3 is 2.76 bits per heavy atom. The maximum Gasteiger partial charge on any atom is 0.277 e. The monoisotopic (exact) mass is 334 g/mol. The molecule has 2 aromatic heterocycles. The van der Waals surface area contributed by atoms with Gasteiger partial charge in [0.1, 0.15) is 0 Å². The SMILES string of the molecule is CN(Cc1ccccc1)C1CCCc2[nH]n(-c3ccccn3)c(=O)c21. The fourth-order valence-corrected chi connectivity index (χ4v) is 3.72. The van der Waals surface area contributed by atoms with Crippen LogP contribution in [0.1, 0.15) is 35.7 Å². The van der Waals surface area contributed by atoms with Crippen LogP contribution < -0.4 is 5.56 Å². The van der Waals surface area contributed by atoms with E-state index in [0.29, 0.717) is 5.82 Å². The molecule has 1 aliphatic rings. The van der Waals surface area contributed by atoms with E-state index in [4.69, 9.17) is 0 Å². The Morgan fingerprint density at radius 1 is 1.20 bits per heavy atom. The number of fused-ring (bicyclic) bond motifs is 1. The van der Waals surface area contributed by atoms with E-state index in [1.807, 2.05) is 24.3 Å². The highest BCUT2D eigenvalue weighted by Gasteiger charge is 2.30. The van der Waals surface area contributed by atoms with E-state index in [9.17, 15) is 4.79 Å². The third-order valence-corrected chi connectivity index (χ3v) is 4.93. The number of aromatic amines is 1. The second kappa shape index (κ2) is 6.69. The van der Waals surface area contributed by atoms with E-state index in [-0.39, 0.29) is 11.6 Å². The Balaban J connectivity index is 1.68. The van der Waals surface area contributed by atoms with Gasteiger partial charge in [0.25, 0.3) is 5.56 Å². The van der Waals surface area contributed by atoms with Crippen molar-refractivity contribution in [1.82, 2.24) is 19.7 Å². The fourth-order valence-electron chi connectivity index (χ4n) is 3.72. The minimum absolute atomic E-state index is 0.0262. The largest absolute Gasteiger partial charge is 0.295 e. The molecule has 1 atom stereocenters. The van der Waals surface area contributed by atoms with Gasteiger partial charge in [-0.1, -0.05) is 36.4 Å². The summed E-state index contributed by atoms with van der Waals surface area (Å²) in [6, 6.07) is 16.1. The summed E-state index contributed by atoms with van der Waals surface area (Å²) in [5.41, 5.74) is 3.23. The molecule has 0 fully saturated rings. The summed E-state index contributed by atoms with van der Waals surface area (Å²) in [6.45, 7) is 0.832. The van der Waals surface area contributed by atoms with Crippen LogP contribution >= 0.6 is 0 Å². The lowest BCUT2D eigenvalue weighted by molar-refractivity contribution is 0.212. The number of hydrogen-bond acceptors (Lipinski definition) is 3. The number of nitrogens with zero attached hydrogens (tertiary/aromatic N) is 3. The van der Waals surface area contributed by atoms with Crippen molar-refractivity contribution in [2.24, 2.45) is 0 Å². The summed E-state index contributed by atoms with van der Waals surface area (Å²) in [4.78, 5) is 19.6. The highest BCUT2D eigenvalue weighted by Crippen LogP contribution is 2.31. The molecule has 0 bridgehead atoms. The van der Waals surface area contributed by atoms with E-state index < -0.39 is 0 Å². The van der Waals surface area contributed by atoms with Gasteiger partial charge in [-0.25, -0.2) is 9.67 Å². The molecule has 1 N–H and O–H groups in total. The zero-order valence-electron chi connectivity index (χ0n) is 14.4. The van der Waals surface area contributed by atoms with Crippen LogP contribution in [0.2, 0.25) is 0 Å². The second-order valence-corrected chi connectivity index (χ2v) is 6.64. The van der Waals surface area contributed by atoms with Crippen LogP contribution in [-0.4, -0.2) is 26.7 Å². The van der Waals surface area contributed by atoms with Crippen molar-refractivity contribution in [3.63, 3.8) is 0 Å². The van der Waals surface area contributed by atoms with Gasteiger partial charge in [-0.2, -0.15) is 0 Å². The summed E-state index contributed by atoms with van der Waals surface area (Å²) in [5, 5.41) is 3.28. The number of aryl methyl sites for hydroxylation is 1. The van der Waals surface area contributed by atoms with Crippen LogP contribution in [0, 0.1) is 0 Å². The first-order valence-electron chi connectivity index (χ1n) is 8.73. The van der Waals surface area contributed by atoms with Crippen molar-refractivity contribution in [3.05, 3.63) is 81.9 Å². The quantitative estimate of drug-likeness (QED) is 0.798. The molecular weight excluding hydrogens is 312 g/mol. The molecule has 3 aromatic rings. The third kappa shape index (κ3) is 3.03. The van der Waals surface area contributed by atoms with E-state index in [1.165, 1.54) is 5.56 Å². The Morgan fingerprint density at radius 2 is 2.00 bits per heavy atom. The maximum atomic E-state index is 13.0. The molecule has 25 heavy (non-hydrogen) atoms. The van der Waals surface area contributed by atoms with E-state index in [2.05, 4.69) is 46.3 Å². The van der Waals surface area contributed by atoms with Gasteiger partial charge in [0.2, 0.25) is 0 Å². The lowest BCUT2D eigenvalue weighted by atomic mass is 9.91. The van der Waals surface area contributed by atoms with Gasteiger partial charge in [-0.3, -0.25) is 14.8 Å². The van der Waals surface area contributed by atoms with E-state index >= 15 is 0 Å². The Kier molecular flexibility index (Phi) is 4.24. The van der Waals surface area contributed by atoms with Crippen LogP contribution in [0.5, 0.6) is 0 Å².